The molecule has 0 amide bonds. The van der Waals surface area contributed by atoms with E-state index in [0.717, 1.165) is 11.4 Å². The van der Waals surface area contributed by atoms with Crippen LogP contribution in [0.4, 0.5) is 0 Å². The Balaban J connectivity index is 3.47. The lowest BCUT2D eigenvalue weighted by atomic mass is 10.9. The molecule has 0 rings (SSSR count). The summed E-state index contributed by atoms with van der Waals surface area (Å²) >= 11 is 0.892. The molecule has 0 aromatic carbocycles. The minimum atomic E-state index is -3.39. The van der Waals surface area contributed by atoms with Crippen LogP contribution in [0.25, 0.3) is 0 Å². The highest BCUT2D eigenvalue weighted by molar-refractivity contribution is 8.54. The summed E-state index contributed by atoms with van der Waals surface area (Å²) in [4.78, 5) is 8.98. The molecule has 0 spiro atoms. The maximum Gasteiger partial charge on any atom is 0.386 e. The maximum atomic E-state index is 10.9. The minimum absolute atomic E-state index is 0.258. The second-order valence-electron chi connectivity index (χ2n) is 1.71. The van der Waals surface area contributed by atoms with Gasteiger partial charge in [-0.05, 0) is 18.3 Å². The Morgan fingerprint density at radius 2 is 2.27 bits per heavy atom. The van der Waals surface area contributed by atoms with Gasteiger partial charge in [-0.15, -0.1) is 0 Å². The molecule has 0 aliphatic heterocycles. The van der Waals surface area contributed by atoms with Crippen LogP contribution in [0.2, 0.25) is 0 Å². The number of methoxy groups -OCH3 is 1. The van der Waals surface area contributed by atoms with Crippen LogP contribution in [-0.2, 0) is 13.8 Å². The van der Waals surface area contributed by atoms with Crippen LogP contribution in [0.15, 0.2) is 0 Å². The van der Waals surface area contributed by atoms with Crippen molar-refractivity contribution >= 4 is 18.2 Å². The van der Waals surface area contributed by atoms with E-state index in [1.54, 1.807) is 14.0 Å². The molecule has 0 saturated carbocycles. The Labute approximate surface area is 70.6 Å². The first-order valence-corrected chi connectivity index (χ1v) is 6.40. The molecule has 0 saturated heterocycles. The Morgan fingerprint density at radius 3 is 2.73 bits per heavy atom. The van der Waals surface area contributed by atoms with Crippen LogP contribution in [0.1, 0.15) is 6.92 Å². The van der Waals surface area contributed by atoms with Gasteiger partial charge in [0.05, 0.1) is 13.2 Å². The molecule has 0 radical (unpaired) electrons. The quantitative estimate of drug-likeness (QED) is 0.520. The average Bonchev–Trinajstić information content (AvgIpc) is 1.87. The van der Waals surface area contributed by atoms with Gasteiger partial charge in [0.1, 0.15) is 0 Å². The van der Waals surface area contributed by atoms with E-state index < -0.39 is 6.80 Å². The highest BCUT2D eigenvalue weighted by Crippen LogP contribution is 2.55. The summed E-state index contributed by atoms with van der Waals surface area (Å²) in [7, 11) is 1.55. The molecule has 0 aromatic heterocycles. The molecule has 4 nitrogen and oxygen atoms in total. The SMILES string of the molecule is CCOP(=O)(O)SCCOC. The summed E-state index contributed by atoms with van der Waals surface area (Å²) in [5.41, 5.74) is 0. The van der Waals surface area contributed by atoms with Crippen molar-refractivity contribution < 1.29 is 18.7 Å². The fourth-order valence-electron chi connectivity index (χ4n) is 0.436. The zero-order chi connectivity index (χ0) is 8.74. The summed E-state index contributed by atoms with van der Waals surface area (Å²) in [5.74, 6) is 0.476. The third-order valence-corrected chi connectivity index (χ3v) is 3.94. The van der Waals surface area contributed by atoms with Crippen LogP contribution < -0.4 is 0 Å². The molecule has 0 bridgehead atoms. The predicted octanol–water partition coefficient (Wildman–Crippen LogP) is 1.50. The van der Waals surface area contributed by atoms with Gasteiger partial charge in [-0.2, -0.15) is 0 Å². The zero-order valence-corrected chi connectivity index (χ0v) is 8.36. The summed E-state index contributed by atoms with van der Waals surface area (Å²) < 4.78 is 20.2. The van der Waals surface area contributed by atoms with E-state index in [9.17, 15) is 4.57 Å². The van der Waals surface area contributed by atoms with E-state index >= 15 is 0 Å². The average molecular weight is 200 g/mol. The lowest BCUT2D eigenvalue weighted by molar-refractivity contribution is 0.218. The number of rotatable bonds is 6. The smallest absolute Gasteiger partial charge is 0.384 e. The maximum absolute atomic E-state index is 10.9. The lowest BCUT2D eigenvalue weighted by Crippen LogP contribution is -1.92. The molecule has 0 aliphatic carbocycles. The first-order valence-electron chi connectivity index (χ1n) is 3.23. The van der Waals surface area contributed by atoms with Crippen LogP contribution in [-0.4, -0.2) is 31.0 Å². The van der Waals surface area contributed by atoms with Crippen molar-refractivity contribution in [1.29, 1.82) is 0 Å². The highest BCUT2D eigenvalue weighted by atomic mass is 32.7. The van der Waals surface area contributed by atoms with Gasteiger partial charge in [0.15, 0.2) is 0 Å². The Bertz CT molecular complexity index is 140. The predicted molar refractivity (Wildman–Crippen MR) is 45.8 cm³/mol. The van der Waals surface area contributed by atoms with Crippen molar-refractivity contribution in [2.75, 3.05) is 26.1 Å². The molecule has 1 atom stereocenters. The van der Waals surface area contributed by atoms with Crippen LogP contribution in [0, 0.1) is 0 Å². The van der Waals surface area contributed by atoms with Crippen molar-refractivity contribution in [3.63, 3.8) is 0 Å². The molecule has 0 fully saturated rings. The summed E-state index contributed by atoms with van der Waals surface area (Å²) in [6.07, 6.45) is 0. The van der Waals surface area contributed by atoms with Crippen molar-refractivity contribution in [2.45, 2.75) is 6.92 Å². The van der Waals surface area contributed by atoms with E-state index in [1.165, 1.54) is 0 Å². The van der Waals surface area contributed by atoms with E-state index in [4.69, 9.17) is 9.63 Å². The molecule has 1 unspecified atom stereocenters. The molecular formula is C5H13O4PS. The van der Waals surface area contributed by atoms with Crippen molar-refractivity contribution in [3.8, 4) is 0 Å². The fourth-order valence-corrected chi connectivity index (χ4v) is 2.76. The minimum Gasteiger partial charge on any atom is -0.384 e. The van der Waals surface area contributed by atoms with Gasteiger partial charge in [-0.1, -0.05) is 0 Å². The lowest BCUT2D eigenvalue weighted by Gasteiger charge is -2.08. The van der Waals surface area contributed by atoms with E-state index in [0.29, 0.717) is 12.4 Å². The van der Waals surface area contributed by atoms with E-state index in [1.807, 2.05) is 0 Å². The molecule has 11 heavy (non-hydrogen) atoms. The second-order valence-corrected chi connectivity index (χ2v) is 5.73. The molecule has 6 heteroatoms. The topological polar surface area (TPSA) is 55.8 Å². The number of hydrogen-bond donors (Lipinski definition) is 1. The third-order valence-electron chi connectivity index (χ3n) is 0.834. The molecule has 1 N–H and O–H groups in total. The molecule has 0 aromatic rings. The van der Waals surface area contributed by atoms with Gasteiger partial charge < -0.3 is 14.2 Å². The van der Waals surface area contributed by atoms with Gasteiger partial charge in [0.25, 0.3) is 0 Å². The standard InChI is InChI=1S/C5H13O4PS/c1-3-9-10(6,7)11-5-4-8-2/h3-5H2,1-2H3,(H,6,7). The van der Waals surface area contributed by atoms with Crippen LogP contribution in [0.5, 0.6) is 0 Å². The summed E-state index contributed by atoms with van der Waals surface area (Å²) in [6.45, 7) is -0.987. The van der Waals surface area contributed by atoms with Gasteiger partial charge >= 0.3 is 6.80 Å². The zero-order valence-electron chi connectivity index (χ0n) is 6.65. The van der Waals surface area contributed by atoms with Gasteiger partial charge in [-0.25, -0.2) is 4.57 Å². The molecule has 68 valence electrons. The number of hydrogen-bond acceptors (Lipinski definition) is 4. The van der Waals surface area contributed by atoms with Crippen molar-refractivity contribution in [1.82, 2.24) is 0 Å². The molecule has 0 aliphatic rings. The van der Waals surface area contributed by atoms with Gasteiger partial charge in [-0.3, -0.25) is 0 Å². The first-order chi connectivity index (χ1) is 5.12. The summed E-state index contributed by atoms with van der Waals surface area (Å²) in [6, 6.07) is 0. The number of ether oxygens (including phenoxy) is 1. The normalized spacial score (nSPS) is 16.3. The Morgan fingerprint density at radius 1 is 1.64 bits per heavy atom. The van der Waals surface area contributed by atoms with E-state index in [-0.39, 0.29) is 6.61 Å². The monoisotopic (exact) mass is 200 g/mol. The van der Waals surface area contributed by atoms with Gasteiger partial charge in [0, 0.05) is 12.9 Å². The Kier molecular flexibility index (Phi) is 6.28. The third kappa shape index (κ3) is 6.84. The van der Waals surface area contributed by atoms with Crippen molar-refractivity contribution in [3.05, 3.63) is 0 Å². The fraction of sp³-hybridized carbons (Fsp3) is 1.00. The van der Waals surface area contributed by atoms with Crippen molar-refractivity contribution in [2.24, 2.45) is 0 Å². The molecular weight excluding hydrogens is 187 g/mol. The summed E-state index contributed by atoms with van der Waals surface area (Å²) in [5, 5.41) is 0. The van der Waals surface area contributed by atoms with Crippen LogP contribution >= 0.6 is 18.2 Å². The van der Waals surface area contributed by atoms with E-state index in [2.05, 4.69) is 4.52 Å². The second kappa shape index (κ2) is 6.03. The first kappa shape index (κ1) is 11.5. The Hall–Kier alpha value is 0.460. The highest BCUT2D eigenvalue weighted by Gasteiger charge is 2.18. The van der Waals surface area contributed by atoms with Gasteiger partial charge in [0.2, 0.25) is 0 Å². The van der Waals surface area contributed by atoms with Crippen LogP contribution in [0.3, 0.4) is 0 Å². The largest absolute Gasteiger partial charge is 0.386 e. The molecule has 0 heterocycles.